The summed E-state index contributed by atoms with van der Waals surface area (Å²) in [5.41, 5.74) is 2.46. The van der Waals surface area contributed by atoms with Gasteiger partial charge in [-0.1, -0.05) is 30.7 Å². The fourth-order valence-corrected chi connectivity index (χ4v) is 3.33. The number of thiophene rings is 1. The molecule has 0 spiro atoms. The summed E-state index contributed by atoms with van der Waals surface area (Å²) in [7, 11) is 0. The molecule has 0 atom stereocenters. The summed E-state index contributed by atoms with van der Waals surface area (Å²) in [4.78, 5) is 13.1. The molecule has 0 saturated carbocycles. The zero-order valence-electron chi connectivity index (χ0n) is 12.3. The number of aryl methyl sites for hydroxylation is 1. The first-order valence-electron chi connectivity index (χ1n) is 6.82. The van der Waals surface area contributed by atoms with Gasteiger partial charge in [0.15, 0.2) is 0 Å². The molecule has 1 aromatic carbocycles. The second kappa shape index (κ2) is 7.26. The van der Waals surface area contributed by atoms with Crippen molar-refractivity contribution in [2.45, 2.75) is 20.3 Å². The lowest BCUT2D eigenvalue weighted by molar-refractivity contribution is -0.111. The molecule has 22 heavy (non-hydrogen) atoms. The number of benzene rings is 1. The largest absolute Gasteiger partial charge is 0.313 e. The van der Waals surface area contributed by atoms with Gasteiger partial charge in [0, 0.05) is 16.0 Å². The standard InChI is InChI=1S/C17H15ClN2OS/c1-3-14-11(2)22-17(15(14)10-19)20-16(21)9-6-12-4-7-13(18)8-5-12/h4-9H,3H2,1-2H3,(H,20,21). The average Bonchev–Trinajstić information content (AvgIpc) is 2.81. The van der Waals surface area contributed by atoms with Gasteiger partial charge in [-0.05, 0) is 42.7 Å². The minimum absolute atomic E-state index is 0.254. The van der Waals surface area contributed by atoms with Crippen LogP contribution in [0.4, 0.5) is 5.00 Å². The van der Waals surface area contributed by atoms with Crippen molar-refractivity contribution in [2.24, 2.45) is 0 Å². The summed E-state index contributed by atoms with van der Waals surface area (Å²) in [6.07, 6.45) is 3.94. The summed E-state index contributed by atoms with van der Waals surface area (Å²) in [5, 5.41) is 13.3. The highest BCUT2D eigenvalue weighted by Gasteiger charge is 2.15. The molecule has 0 fully saturated rings. The first kappa shape index (κ1) is 16.3. The minimum atomic E-state index is -0.254. The Kier molecular flexibility index (Phi) is 5.37. The third kappa shape index (κ3) is 3.76. The van der Waals surface area contributed by atoms with E-state index in [-0.39, 0.29) is 5.91 Å². The lowest BCUT2D eigenvalue weighted by atomic mass is 10.1. The number of nitrogens with zero attached hydrogens (tertiary/aromatic N) is 1. The number of nitriles is 1. The Hall–Kier alpha value is -2.09. The van der Waals surface area contributed by atoms with Crippen molar-refractivity contribution < 1.29 is 4.79 Å². The number of hydrogen-bond acceptors (Lipinski definition) is 3. The predicted molar refractivity (Wildman–Crippen MR) is 92.3 cm³/mol. The van der Waals surface area contributed by atoms with Crippen LogP contribution in [0.2, 0.25) is 5.02 Å². The fourth-order valence-electron chi connectivity index (χ4n) is 2.11. The van der Waals surface area contributed by atoms with Crippen LogP contribution in [0.3, 0.4) is 0 Å². The highest BCUT2D eigenvalue weighted by molar-refractivity contribution is 7.16. The minimum Gasteiger partial charge on any atom is -0.313 e. The van der Waals surface area contributed by atoms with Crippen LogP contribution in [0.15, 0.2) is 30.3 Å². The van der Waals surface area contributed by atoms with Gasteiger partial charge in [0.1, 0.15) is 11.1 Å². The molecule has 0 aliphatic carbocycles. The third-order valence-electron chi connectivity index (χ3n) is 3.21. The molecule has 1 aromatic heterocycles. The van der Waals surface area contributed by atoms with E-state index in [0.717, 1.165) is 22.4 Å². The maximum absolute atomic E-state index is 12.0. The van der Waals surface area contributed by atoms with Crippen molar-refractivity contribution in [3.05, 3.63) is 56.9 Å². The maximum atomic E-state index is 12.0. The third-order valence-corrected chi connectivity index (χ3v) is 4.52. The lowest BCUT2D eigenvalue weighted by Gasteiger charge is -2.00. The first-order valence-corrected chi connectivity index (χ1v) is 8.01. The molecule has 0 saturated heterocycles. The second-order valence-electron chi connectivity index (χ2n) is 4.68. The van der Waals surface area contributed by atoms with Gasteiger partial charge in [0.05, 0.1) is 5.56 Å². The van der Waals surface area contributed by atoms with Gasteiger partial charge in [-0.3, -0.25) is 4.79 Å². The molecule has 1 amide bonds. The zero-order chi connectivity index (χ0) is 16.1. The second-order valence-corrected chi connectivity index (χ2v) is 6.34. The smallest absolute Gasteiger partial charge is 0.249 e. The number of anilines is 1. The van der Waals surface area contributed by atoms with Gasteiger partial charge >= 0.3 is 0 Å². The van der Waals surface area contributed by atoms with Crippen molar-refractivity contribution in [3.63, 3.8) is 0 Å². The van der Waals surface area contributed by atoms with E-state index < -0.39 is 0 Å². The van der Waals surface area contributed by atoms with E-state index in [4.69, 9.17) is 11.6 Å². The van der Waals surface area contributed by atoms with Gasteiger partial charge in [0.25, 0.3) is 0 Å². The van der Waals surface area contributed by atoms with E-state index >= 15 is 0 Å². The normalized spacial score (nSPS) is 10.6. The average molecular weight is 331 g/mol. The van der Waals surface area contributed by atoms with Gasteiger partial charge in [-0.15, -0.1) is 11.3 Å². The molecule has 1 heterocycles. The molecular weight excluding hydrogens is 316 g/mol. The number of hydrogen-bond donors (Lipinski definition) is 1. The molecular formula is C17H15ClN2OS. The van der Waals surface area contributed by atoms with Gasteiger partial charge < -0.3 is 5.32 Å². The first-order chi connectivity index (χ1) is 10.5. The zero-order valence-corrected chi connectivity index (χ0v) is 13.9. The Morgan fingerprint density at radius 3 is 2.68 bits per heavy atom. The topological polar surface area (TPSA) is 52.9 Å². The molecule has 2 rings (SSSR count). The lowest BCUT2D eigenvalue weighted by Crippen LogP contribution is -2.07. The SMILES string of the molecule is CCc1c(C)sc(NC(=O)C=Cc2ccc(Cl)cc2)c1C#N. The Morgan fingerprint density at radius 2 is 2.09 bits per heavy atom. The van der Waals surface area contributed by atoms with Crippen molar-refractivity contribution >= 4 is 39.9 Å². The van der Waals surface area contributed by atoms with Crippen molar-refractivity contribution in [1.82, 2.24) is 0 Å². The molecule has 0 unspecified atom stereocenters. The summed E-state index contributed by atoms with van der Waals surface area (Å²) >= 11 is 7.25. The molecule has 0 radical (unpaired) electrons. The van der Waals surface area contributed by atoms with Crippen LogP contribution in [0.1, 0.15) is 28.5 Å². The number of amides is 1. The number of halogens is 1. The van der Waals surface area contributed by atoms with Crippen LogP contribution >= 0.6 is 22.9 Å². The quantitative estimate of drug-likeness (QED) is 0.819. The van der Waals surface area contributed by atoms with Crippen LogP contribution in [-0.2, 0) is 11.2 Å². The molecule has 0 aliphatic rings. The Bertz CT molecular complexity index is 754. The Morgan fingerprint density at radius 1 is 1.41 bits per heavy atom. The molecule has 112 valence electrons. The summed E-state index contributed by atoms with van der Waals surface area (Å²) in [5.74, 6) is -0.254. The van der Waals surface area contributed by atoms with Crippen LogP contribution in [0, 0.1) is 18.3 Å². The van der Waals surface area contributed by atoms with Gasteiger partial charge in [-0.25, -0.2) is 0 Å². The van der Waals surface area contributed by atoms with Crippen LogP contribution in [0.25, 0.3) is 6.08 Å². The van der Waals surface area contributed by atoms with Crippen LogP contribution in [0.5, 0.6) is 0 Å². The summed E-state index contributed by atoms with van der Waals surface area (Å²) < 4.78 is 0. The highest BCUT2D eigenvalue weighted by atomic mass is 35.5. The van der Waals surface area contributed by atoms with Crippen LogP contribution in [-0.4, -0.2) is 5.91 Å². The molecule has 0 aliphatic heterocycles. The molecule has 3 nitrogen and oxygen atoms in total. The van der Waals surface area contributed by atoms with E-state index in [2.05, 4.69) is 11.4 Å². The number of carbonyl (C=O) groups is 1. The highest BCUT2D eigenvalue weighted by Crippen LogP contribution is 2.32. The molecule has 1 N–H and O–H groups in total. The van der Waals surface area contributed by atoms with Crippen LogP contribution < -0.4 is 5.32 Å². The van der Waals surface area contributed by atoms with E-state index in [9.17, 15) is 10.1 Å². The van der Waals surface area contributed by atoms with Crippen molar-refractivity contribution in [2.75, 3.05) is 5.32 Å². The van der Waals surface area contributed by atoms with Gasteiger partial charge in [-0.2, -0.15) is 5.26 Å². The van der Waals surface area contributed by atoms with Crippen molar-refractivity contribution in [1.29, 1.82) is 5.26 Å². The van der Waals surface area contributed by atoms with E-state index in [1.165, 1.54) is 17.4 Å². The number of rotatable bonds is 4. The maximum Gasteiger partial charge on any atom is 0.249 e. The van der Waals surface area contributed by atoms with Gasteiger partial charge in [0.2, 0.25) is 5.91 Å². The van der Waals surface area contributed by atoms with E-state index in [1.807, 2.05) is 26.0 Å². The Labute approximate surface area is 138 Å². The van der Waals surface area contributed by atoms with E-state index in [0.29, 0.717) is 15.6 Å². The molecule has 0 bridgehead atoms. The number of nitrogens with one attached hydrogen (secondary N) is 1. The monoisotopic (exact) mass is 330 g/mol. The summed E-state index contributed by atoms with van der Waals surface area (Å²) in [6, 6.07) is 9.37. The summed E-state index contributed by atoms with van der Waals surface area (Å²) in [6.45, 7) is 3.96. The van der Waals surface area contributed by atoms with Crippen molar-refractivity contribution in [3.8, 4) is 6.07 Å². The molecule has 2 aromatic rings. The fraction of sp³-hybridized carbons (Fsp3) is 0.176. The van der Waals surface area contributed by atoms with E-state index in [1.54, 1.807) is 18.2 Å². The predicted octanol–water partition coefficient (Wildman–Crippen LogP) is 4.80. The Balaban J connectivity index is 2.13. The molecule has 5 heteroatoms. The number of carbonyl (C=O) groups excluding carboxylic acids is 1.